The SMILES string of the molecule is Cc1cn(-c2ccc(C3=NOCC4C(Cc5cc(F)cc(F)c5)CCCN34)cc2CO)cn1. The summed E-state index contributed by atoms with van der Waals surface area (Å²) in [5, 5.41) is 14.4. The molecule has 5 rings (SSSR count). The van der Waals surface area contributed by atoms with Crippen LogP contribution in [0.4, 0.5) is 8.78 Å². The maximum absolute atomic E-state index is 13.7. The van der Waals surface area contributed by atoms with Crippen molar-refractivity contribution in [3.8, 4) is 5.69 Å². The number of amidine groups is 1. The third-order valence-electron chi connectivity index (χ3n) is 6.50. The van der Waals surface area contributed by atoms with Gasteiger partial charge in [-0.3, -0.25) is 0 Å². The number of rotatable bonds is 5. The number of aromatic nitrogens is 2. The summed E-state index contributed by atoms with van der Waals surface area (Å²) in [4.78, 5) is 12.1. The van der Waals surface area contributed by atoms with Gasteiger partial charge in [-0.05, 0) is 68.0 Å². The van der Waals surface area contributed by atoms with E-state index in [-0.39, 0.29) is 18.6 Å². The molecule has 2 aliphatic heterocycles. The lowest BCUT2D eigenvalue weighted by molar-refractivity contribution is 0.0178. The van der Waals surface area contributed by atoms with E-state index in [1.54, 1.807) is 6.33 Å². The number of hydrogen-bond acceptors (Lipinski definition) is 5. The fourth-order valence-corrected chi connectivity index (χ4v) is 5.00. The van der Waals surface area contributed by atoms with Crippen LogP contribution in [-0.4, -0.2) is 44.6 Å². The Labute approximate surface area is 191 Å². The first-order valence-electron chi connectivity index (χ1n) is 11.2. The van der Waals surface area contributed by atoms with Gasteiger partial charge in [0.2, 0.25) is 0 Å². The number of imidazole rings is 1. The second-order valence-electron chi connectivity index (χ2n) is 8.78. The Morgan fingerprint density at radius 3 is 2.70 bits per heavy atom. The van der Waals surface area contributed by atoms with Crippen molar-refractivity contribution in [1.82, 2.24) is 14.5 Å². The number of oxime groups is 1. The molecule has 2 unspecified atom stereocenters. The number of benzene rings is 2. The fraction of sp³-hybridized carbons (Fsp3) is 0.360. The quantitative estimate of drug-likeness (QED) is 0.637. The Morgan fingerprint density at radius 1 is 1.15 bits per heavy atom. The predicted octanol–water partition coefficient (Wildman–Crippen LogP) is 3.97. The lowest BCUT2D eigenvalue weighted by Gasteiger charge is -2.44. The molecular weight excluding hydrogens is 426 g/mol. The summed E-state index contributed by atoms with van der Waals surface area (Å²) in [5.41, 5.74) is 4.04. The zero-order valence-electron chi connectivity index (χ0n) is 18.4. The highest BCUT2D eigenvalue weighted by atomic mass is 19.1. The molecule has 0 spiro atoms. The van der Waals surface area contributed by atoms with Gasteiger partial charge in [-0.15, -0.1) is 0 Å². The van der Waals surface area contributed by atoms with Crippen molar-refractivity contribution >= 4 is 5.84 Å². The van der Waals surface area contributed by atoms with Crippen LogP contribution in [0.3, 0.4) is 0 Å². The van der Waals surface area contributed by atoms with Gasteiger partial charge in [0.15, 0.2) is 5.84 Å². The van der Waals surface area contributed by atoms with Crippen LogP contribution in [0.1, 0.15) is 35.2 Å². The Balaban J connectivity index is 1.41. The van der Waals surface area contributed by atoms with E-state index in [2.05, 4.69) is 15.0 Å². The third-order valence-corrected chi connectivity index (χ3v) is 6.50. The molecule has 6 nitrogen and oxygen atoms in total. The molecule has 0 aliphatic carbocycles. The number of halogens is 2. The van der Waals surface area contributed by atoms with Crippen LogP contribution < -0.4 is 0 Å². The standard InChI is InChI=1S/C25H26F2N4O2/c1-16-12-30(15-28-16)23-5-4-19(10-20(23)13-32)25-29-33-14-24-18(3-2-6-31(24)25)7-17-8-21(26)11-22(27)9-17/h4-5,8-12,15,18,24,32H,2-3,6-7,13-14H2,1H3. The summed E-state index contributed by atoms with van der Waals surface area (Å²) < 4.78 is 29.3. The van der Waals surface area contributed by atoms with Crippen LogP contribution in [-0.2, 0) is 17.9 Å². The summed E-state index contributed by atoms with van der Waals surface area (Å²) in [6, 6.07) is 9.63. The second-order valence-corrected chi connectivity index (χ2v) is 8.78. The third kappa shape index (κ3) is 4.35. The average Bonchev–Trinajstić information content (AvgIpc) is 3.24. The first-order chi connectivity index (χ1) is 16.0. The van der Waals surface area contributed by atoms with E-state index in [0.717, 1.165) is 53.8 Å². The number of fused-ring (bicyclic) bond motifs is 1. The Bertz CT molecular complexity index is 1170. The highest BCUT2D eigenvalue weighted by Crippen LogP contribution is 2.32. The minimum Gasteiger partial charge on any atom is -0.392 e. The van der Waals surface area contributed by atoms with E-state index in [0.29, 0.717) is 18.6 Å². The van der Waals surface area contributed by atoms with Crippen molar-refractivity contribution in [3.05, 3.63) is 82.9 Å². The lowest BCUT2D eigenvalue weighted by Crippen LogP contribution is -2.53. The van der Waals surface area contributed by atoms with Crippen molar-refractivity contribution in [3.63, 3.8) is 0 Å². The lowest BCUT2D eigenvalue weighted by atomic mass is 9.83. The summed E-state index contributed by atoms with van der Waals surface area (Å²) in [7, 11) is 0. The van der Waals surface area contributed by atoms with Gasteiger partial charge < -0.3 is 19.4 Å². The molecule has 2 atom stereocenters. The van der Waals surface area contributed by atoms with E-state index in [9.17, 15) is 13.9 Å². The van der Waals surface area contributed by atoms with Gasteiger partial charge in [-0.25, -0.2) is 13.8 Å². The van der Waals surface area contributed by atoms with Crippen molar-refractivity contribution < 1.29 is 18.7 Å². The van der Waals surface area contributed by atoms with Crippen LogP contribution in [0.25, 0.3) is 5.69 Å². The molecule has 0 saturated carbocycles. The molecule has 1 saturated heterocycles. The summed E-state index contributed by atoms with van der Waals surface area (Å²) in [6.07, 6.45) is 6.13. The largest absolute Gasteiger partial charge is 0.392 e. The monoisotopic (exact) mass is 452 g/mol. The first-order valence-corrected chi connectivity index (χ1v) is 11.2. The molecule has 2 aromatic carbocycles. The maximum Gasteiger partial charge on any atom is 0.175 e. The molecule has 1 fully saturated rings. The molecule has 1 aromatic heterocycles. The van der Waals surface area contributed by atoms with Crippen molar-refractivity contribution in [2.24, 2.45) is 11.1 Å². The minimum absolute atomic E-state index is 0.0612. The minimum atomic E-state index is -0.551. The number of hydrogen-bond donors (Lipinski definition) is 1. The number of nitrogens with zero attached hydrogens (tertiary/aromatic N) is 4. The molecule has 3 heterocycles. The molecule has 33 heavy (non-hydrogen) atoms. The van der Waals surface area contributed by atoms with Gasteiger partial charge in [0.05, 0.1) is 30.4 Å². The van der Waals surface area contributed by atoms with Crippen LogP contribution in [0.2, 0.25) is 0 Å². The Kier molecular flexibility index (Phi) is 5.85. The Morgan fingerprint density at radius 2 is 1.97 bits per heavy atom. The highest BCUT2D eigenvalue weighted by molar-refractivity contribution is 5.99. The normalized spacial score (nSPS) is 20.2. The van der Waals surface area contributed by atoms with Crippen molar-refractivity contribution in [2.45, 2.75) is 38.8 Å². The van der Waals surface area contributed by atoms with Crippen LogP contribution in [0.5, 0.6) is 0 Å². The molecule has 0 bridgehead atoms. The van der Waals surface area contributed by atoms with Gasteiger partial charge in [0.1, 0.15) is 18.2 Å². The van der Waals surface area contributed by atoms with Gasteiger partial charge in [0.25, 0.3) is 0 Å². The topological polar surface area (TPSA) is 62.9 Å². The number of aryl methyl sites for hydroxylation is 1. The summed E-state index contributed by atoms with van der Waals surface area (Å²) in [5.74, 6) is -0.186. The molecule has 2 aliphatic rings. The van der Waals surface area contributed by atoms with Gasteiger partial charge >= 0.3 is 0 Å². The molecule has 3 aromatic rings. The first kappa shape index (κ1) is 21.6. The smallest absolute Gasteiger partial charge is 0.175 e. The number of aliphatic hydroxyl groups excluding tert-OH is 1. The number of piperidine rings is 1. The molecule has 0 amide bonds. The fourth-order valence-electron chi connectivity index (χ4n) is 5.00. The van der Waals surface area contributed by atoms with Crippen molar-refractivity contribution in [1.29, 1.82) is 0 Å². The average molecular weight is 453 g/mol. The molecular formula is C25H26F2N4O2. The summed E-state index contributed by atoms with van der Waals surface area (Å²) >= 11 is 0. The maximum atomic E-state index is 13.7. The van der Waals surface area contributed by atoms with Gasteiger partial charge in [0, 0.05) is 29.9 Å². The predicted molar refractivity (Wildman–Crippen MR) is 120 cm³/mol. The van der Waals surface area contributed by atoms with E-state index < -0.39 is 11.6 Å². The molecule has 172 valence electrons. The van der Waals surface area contributed by atoms with E-state index >= 15 is 0 Å². The van der Waals surface area contributed by atoms with Crippen LogP contribution in [0, 0.1) is 24.5 Å². The van der Waals surface area contributed by atoms with E-state index in [4.69, 9.17) is 4.84 Å². The zero-order chi connectivity index (χ0) is 22.9. The van der Waals surface area contributed by atoms with E-state index in [1.807, 2.05) is 35.9 Å². The van der Waals surface area contributed by atoms with E-state index in [1.165, 1.54) is 12.1 Å². The number of aliphatic hydroxyl groups is 1. The molecule has 8 heteroatoms. The molecule has 0 radical (unpaired) electrons. The second kappa shape index (κ2) is 8.94. The van der Waals surface area contributed by atoms with Gasteiger partial charge in [-0.2, -0.15) is 0 Å². The van der Waals surface area contributed by atoms with Crippen LogP contribution >= 0.6 is 0 Å². The highest BCUT2D eigenvalue weighted by Gasteiger charge is 2.37. The Hall–Kier alpha value is -3.26. The van der Waals surface area contributed by atoms with Gasteiger partial charge in [-0.1, -0.05) is 5.16 Å². The molecule has 1 N–H and O–H groups in total. The van der Waals surface area contributed by atoms with Crippen molar-refractivity contribution in [2.75, 3.05) is 13.2 Å². The zero-order valence-corrected chi connectivity index (χ0v) is 18.4. The summed E-state index contributed by atoms with van der Waals surface area (Å²) in [6.45, 7) is 3.07. The van der Waals surface area contributed by atoms with Crippen LogP contribution in [0.15, 0.2) is 54.1 Å².